The SMILES string of the molecule is C=CC(=O)OC(OCCC(F)(F)C(F)(F)S(=O)(=O)O)(C(=O)N1CCOCC1)C(F)(F)F. The van der Waals surface area contributed by atoms with E-state index in [2.05, 4.69) is 16.1 Å². The maximum atomic E-state index is 13.7. The van der Waals surface area contributed by atoms with Gasteiger partial charge in [0.25, 0.3) is 0 Å². The third kappa shape index (κ3) is 5.64. The van der Waals surface area contributed by atoms with Crippen LogP contribution in [-0.4, -0.2) is 85.8 Å². The van der Waals surface area contributed by atoms with Gasteiger partial charge in [0.2, 0.25) is 0 Å². The topological polar surface area (TPSA) is 119 Å². The van der Waals surface area contributed by atoms with Crippen molar-refractivity contribution in [1.82, 2.24) is 4.90 Å². The zero-order valence-corrected chi connectivity index (χ0v) is 16.1. The Bertz CT molecular complexity index is 795. The van der Waals surface area contributed by atoms with Crippen molar-refractivity contribution >= 4 is 22.0 Å². The molecule has 0 radical (unpaired) electrons. The Hall–Kier alpha value is -1.98. The number of ether oxygens (including phenoxy) is 3. The zero-order chi connectivity index (χ0) is 24.3. The fourth-order valence-corrected chi connectivity index (χ4v) is 2.69. The van der Waals surface area contributed by atoms with Crippen molar-refractivity contribution in [2.45, 2.75) is 29.6 Å². The molecular weight excluding hydrogens is 475 g/mol. The maximum Gasteiger partial charge on any atom is 0.466 e. The molecular formula is C14H16F7NO8S. The second kappa shape index (κ2) is 9.25. The normalized spacial score (nSPS) is 18.3. The minimum atomic E-state index is -6.66. The van der Waals surface area contributed by atoms with Crippen molar-refractivity contribution < 1.29 is 67.5 Å². The molecule has 0 aromatic heterocycles. The highest BCUT2D eigenvalue weighted by molar-refractivity contribution is 7.87. The minimum Gasteiger partial charge on any atom is -0.412 e. The first-order valence-corrected chi connectivity index (χ1v) is 9.53. The van der Waals surface area contributed by atoms with Crippen LogP contribution < -0.4 is 0 Å². The van der Waals surface area contributed by atoms with Crippen LogP contribution in [0.15, 0.2) is 12.7 Å². The summed E-state index contributed by atoms with van der Waals surface area (Å²) in [6, 6.07) is 0. The molecule has 0 spiro atoms. The fourth-order valence-electron chi connectivity index (χ4n) is 2.21. The number of esters is 1. The van der Waals surface area contributed by atoms with E-state index < -0.39 is 71.3 Å². The third-order valence-corrected chi connectivity index (χ3v) is 4.78. The molecule has 1 N–H and O–H groups in total. The lowest BCUT2D eigenvalue weighted by Crippen LogP contribution is -2.63. The number of hydrogen-bond donors (Lipinski definition) is 1. The van der Waals surface area contributed by atoms with Crippen molar-refractivity contribution in [1.29, 1.82) is 0 Å². The van der Waals surface area contributed by atoms with E-state index in [0.717, 1.165) is 0 Å². The van der Waals surface area contributed by atoms with Gasteiger partial charge in [0.15, 0.2) is 0 Å². The van der Waals surface area contributed by atoms with Crippen LogP contribution in [0.3, 0.4) is 0 Å². The van der Waals surface area contributed by atoms with E-state index in [1.54, 1.807) is 0 Å². The van der Waals surface area contributed by atoms with Crippen molar-refractivity contribution in [3.63, 3.8) is 0 Å². The van der Waals surface area contributed by atoms with Crippen LogP contribution in [0.2, 0.25) is 0 Å². The fraction of sp³-hybridized carbons (Fsp3) is 0.714. The number of carbonyl (C=O) groups is 2. The molecule has 180 valence electrons. The van der Waals surface area contributed by atoms with E-state index in [0.29, 0.717) is 4.90 Å². The number of amides is 1. The molecule has 1 saturated heterocycles. The van der Waals surface area contributed by atoms with E-state index in [4.69, 9.17) is 9.29 Å². The highest BCUT2D eigenvalue weighted by atomic mass is 32.2. The van der Waals surface area contributed by atoms with E-state index in [-0.39, 0.29) is 19.3 Å². The predicted octanol–water partition coefficient (Wildman–Crippen LogP) is 1.36. The molecule has 1 fully saturated rings. The predicted molar refractivity (Wildman–Crippen MR) is 84.5 cm³/mol. The van der Waals surface area contributed by atoms with Gasteiger partial charge in [0.1, 0.15) is 0 Å². The van der Waals surface area contributed by atoms with Gasteiger partial charge in [-0.3, -0.25) is 9.35 Å². The number of hydrogen-bond acceptors (Lipinski definition) is 7. The summed E-state index contributed by atoms with van der Waals surface area (Å²) in [4.78, 5) is 24.4. The zero-order valence-electron chi connectivity index (χ0n) is 15.3. The Balaban J connectivity index is 3.26. The number of halogens is 7. The summed E-state index contributed by atoms with van der Waals surface area (Å²) in [6.07, 6.45) is -8.11. The smallest absolute Gasteiger partial charge is 0.412 e. The number of rotatable bonds is 9. The number of carbonyl (C=O) groups excluding carboxylic acids is 2. The third-order valence-electron chi connectivity index (χ3n) is 3.84. The Morgan fingerprint density at radius 1 is 1.10 bits per heavy atom. The number of alkyl halides is 7. The molecule has 1 unspecified atom stereocenters. The van der Waals surface area contributed by atoms with E-state index in [1.165, 1.54) is 0 Å². The highest BCUT2D eigenvalue weighted by Gasteiger charge is 2.69. The van der Waals surface area contributed by atoms with Crippen LogP contribution in [0.4, 0.5) is 30.7 Å². The van der Waals surface area contributed by atoms with Gasteiger partial charge in [0.05, 0.1) is 19.8 Å². The van der Waals surface area contributed by atoms with Crippen LogP contribution in [0, 0.1) is 0 Å². The molecule has 0 saturated carbocycles. The van der Waals surface area contributed by atoms with Crippen LogP contribution in [0.1, 0.15) is 6.42 Å². The van der Waals surface area contributed by atoms with E-state index in [9.17, 15) is 48.7 Å². The molecule has 0 aromatic carbocycles. The Kier molecular flexibility index (Phi) is 8.08. The first-order chi connectivity index (χ1) is 13.9. The largest absolute Gasteiger partial charge is 0.466 e. The van der Waals surface area contributed by atoms with Crippen molar-refractivity contribution in [2.24, 2.45) is 0 Å². The van der Waals surface area contributed by atoms with E-state index >= 15 is 0 Å². The van der Waals surface area contributed by atoms with E-state index in [1.807, 2.05) is 0 Å². The van der Waals surface area contributed by atoms with Gasteiger partial charge >= 0.3 is 45.1 Å². The second-order valence-electron chi connectivity index (χ2n) is 5.94. The minimum absolute atomic E-state index is 0.192. The monoisotopic (exact) mass is 491 g/mol. The van der Waals surface area contributed by atoms with Crippen LogP contribution in [0.25, 0.3) is 0 Å². The van der Waals surface area contributed by atoms with Gasteiger partial charge < -0.3 is 19.1 Å². The second-order valence-corrected chi connectivity index (χ2v) is 7.40. The molecule has 31 heavy (non-hydrogen) atoms. The van der Waals surface area contributed by atoms with Crippen LogP contribution >= 0.6 is 0 Å². The van der Waals surface area contributed by atoms with Gasteiger partial charge in [0, 0.05) is 25.6 Å². The molecule has 9 nitrogen and oxygen atoms in total. The Labute approximate surface area is 170 Å². The summed E-state index contributed by atoms with van der Waals surface area (Å²) < 4.78 is 137. The molecule has 1 rings (SSSR count). The van der Waals surface area contributed by atoms with Crippen LogP contribution in [0.5, 0.6) is 0 Å². The number of nitrogens with zero attached hydrogens (tertiary/aromatic N) is 1. The summed E-state index contributed by atoms with van der Waals surface area (Å²) >= 11 is 0. The van der Waals surface area contributed by atoms with Gasteiger partial charge in [-0.2, -0.15) is 39.2 Å². The summed E-state index contributed by atoms with van der Waals surface area (Å²) in [5.74, 6) is -14.1. The summed E-state index contributed by atoms with van der Waals surface area (Å²) in [6.45, 7) is -0.562. The molecule has 1 aliphatic heterocycles. The molecule has 1 atom stereocenters. The molecule has 0 aliphatic carbocycles. The van der Waals surface area contributed by atoms with Gasteiger partial charge in [-0.25, -0.2) is 4.79 Å². The lowest BCUT2D eigenvalue weighted by molar-refractivity contribution is -0.353. The van der Waals surface area contributed by atoms with Gasteiger partial charge in [-0.1, -0.05) is 6.58 Å². The van der Waals surface area contributed by atoms with Gasteiger partial charge in [-0.15, -0.1) is 0 Å². The summed E-state index contributed by atoms with van der Waals surface area (Å²) in [5, 5.41) is -6.09. The summed E-state index contributed by atoms with van der Waals surface area (Å²) in [5.41, 5.74) is 0. The lowest BCUT2D eigenvalue weighted by Gasteiger charge is -2.38. The highest BCUT2D eigenvalue weighted by Crippen LogP contribution is 2.42. The number of morpholine rings is 1. The Morgan fingerprint density at radius 3 is 2.03 bits per heavy atom. The lowest BCUT2D eigenvalue weighted by atomic mass is 10.2. The van der Waals surface area contributed by atoms with Crippen molar-refractivity contribution in [2.75, 3.05) is 32.9 Å². The van der Waals surface area contributed by atoms with Crippen molar-refractivity contribution in [3.05, 3.63) is 12.7 Å². The molecule has 17 heteroatoms. The summed E-state index contributed by atoms with van der Waals surface area (Å²) in [7, 11) is -6.66. The first-order valence-electron chi connectivity index (χ1n) is 8.09. The average Bonchev–Trinajstić information content (AvgIpc) is 2.65. The quantitative estimate of drug-likeness (QED) is 0.169. The van der Waals surface area contributed by atoms with Gasteiger partial charge in [-0.05, 0) is 0 Å². The molecule has 0 aromatic rings. The Morgan fingerprint density at radius 2 is 1.61 bits per heavy atom. The molecule has 1 aliphatic rings. The maximum absolute atomic E-state index is 13.7. The standard InChI is InChI=1S/C14H16F7NO8S/c1-2-9(23)30-12(13(17,18)19,10(24)22-4-7-28-8-5-22)29-6-3-11(15,16)14(20,21)31(25,26)27/h2H,1,3-8H2,(H,25,26,27). The molecule has 0 bridgehead atoms. The average molecular weight is 491 g/mol. The molecule has 1 heterocycles. The van der Waals surface area contributed by atoms with Crippen LogP contribution in [-0.2, 0) is 33.9 Å². The first kappa shape index (κ1) is 27.1. The molecule has 1 amide bonds. The van der Waals surface area contributed by atoms with Crippen molar-refractivity contribution in [3.8, 4) is 0 Å².